The topological polar surface area (TPSA) is 117 Å². The van der Waals surface area contributed by atoms with Gasteiger partial charge in [0.2, 0.25) is 0 Å². The van der Waals surface area contributed by atoms with Gasteiger partial charge in [0, 0.05) is 11.9 Å². The smallest absolute Gasteiger partial charge is 0.359 e. The molecular formula is C24H27N3O6S. The highest BCUT2D eigenvalue weighted by Gasteiger charge is 2.20. The van der Waals surface area contributed by atoms with Crippen LogP contribution in [0.15, 0.2) is 35.1 Å². The Labute approximate surface area is 200 Å². The zero-order chi connectivity index (χ0) is 24.7. The SMILES string of the molecule is CCCCCn1nc(C(=O)OCC(=O)Nc2cc(C)c(C(=O)OCC)s2)c2ccccc2c1=O. The second kappa shape index (κ2) is 11.6. The summed E-state index contributed by atoms with van der Waals surface area (Å²) in [5, 5.41) is 8.03. The van der Waals surface area contributed by atoms with Gasteiger partial charge in [-0.3, -0.25) is 9.59 Å². The highest BCUT2D eigenvalue weighted by atomic mass is 32.1. The molecule has 0 saturated heterocycles. The number of nitrogens with one attached hydrogen (secondary N) is 1. The van der Waals surface area contributed by atoms with Gasteiger partial charge in [0.05, 0.1) is 17.0 Å². The van der Waals surface area contributed by atoms with Crippen molar-refractivity contribution in [3.63, 3.8) is 0 Å². The van der Waals surface area contributed by atoms with Crippen LogP contribution >= 0.6 is 11.3 Å². The van der Waals surface area contributed by atoms with Gasteiger partial charge in [0.1, 0.15) is 4.88 Å². The second-order valence-corrected chi connectivity index (χ2v) is 8.65. The van der Waals surface area contributed by atoms with E-state index < -0.39 is 24.5 Å². The number of carbonyl (C=O) groups is 3. The first-order chi connectivity index (χ1) is 16.3. The second-order valence-electron chi connectivity index (χ2n) is 7.60. The highest BCUT2D eigenvalue weighted by Crippen LogP contribution is 2.27. The van der Waals surface area contributed by atoms with E-state index >= 15 is 0 Å². The maximum absolute atomic E-state index is 12.8. The molecule has 1 amide bonds. The van der Waals surface area contributed by atoms with Gasteiger partial charge in [0.25, 0.3) is 11.5 Å². The first-order valence-corrected chi connectivity index (χ1v) is 11.9. The fraction of sp³-hybridized carbons (Fsp3) is 0.375. The molecule has 1 aromatic carbocycles. The van der Waals surface area contributed by atoms with E-state index in [0.29, 0.717) is 32.8 Å². The minimum atomic E-state index is -0.801. The van der Waals surface area contributed by atoms with Crippen LogP contribution in [0.25, 0.3) is 10.8 Å². The molecule has 1 N–H and O–H groups in total. The maximum Gasteiger partial charge on any atom is 0.359 e. The molecule has 0 aliphatic carbocycles. The summed E-state index contributed by atoms with van der Waals surface area (Å²) in [7, 11) is 0. The molecule has 2 aromatic heterocycles. The molecule has 10 heteroatoms. The number of fused-ring (bicyclic) bond motifs is 1. The molecular weight excluding hydrogens is 458 g/mol. The lowest BCUT2D eigenvalue weighted by atomic mass is 10.1. The summed E-state index contributed by atoms with van der Waals surface area (Å²) in [5.41, 5.74) is 0.388. The highest BCUT2D eigenvalue weighted by molar-refractivity contribution is 7.18. The summed E-state index contributed by atoms with van der Waals surface area (Å²) in [5.74, 6) is -1.82. The number of unbranched alkanes of at least 4 members (excludes halogenated alkanes) is 2. The predicted molar refractivity (Wildman–Crippen MR) is 129 cm³/mol. The Hall–Kier alpha value is -3.53. The molecule has 3 aromatic rings. The van der Waals surface area contributed by atoms with Crippen LogP contribution in [0.2, 0.25) is 0 Å². The summed E-state index contributed by atoms with van der Waals surface area (Å²) in [4.78, 5) is 50.2. The van der Waals surface area contributed by atoms with E-state index in [9.17, 15) is 19.2 Å². The molecule has 0 spiro atoms. The molecule has 0 bridgehead atoms. The van der Waals surface area contributed by atoms with E-state index in [2.05, 4.69) is 17.3 Å². The third kappa shape index (κ3) is 5.88. The number of nitrogens with zero attached hydrogens (tertiary/aromatic N) is 2. The van der Waals surface area contributed by atoms with Gasteiger partial charge in [0.15, 0.2) is 12.3 Å². The van der Waals surface area contributed by atoms with Crippen LogP contribution in [0.4, 0.5) is 5.00 Å². The molecule has 9 nitrogen and oxygen atoms in total. The number of rotatable bonds is 10. The summed E-state index contributed by atoms with van der Waals surface area (Å²) < 4.78 is 11.5. The van der Waals surface area contributed by atoms with Gasteiger partial charge >= 0.3 is 11.9 Å². The summed E-state index contributed by atoms with van der Waals surface area (Å²) in [6.45, 7) is 5.61. The van der Waals surface area contributed by atoms with Gasteiger partial charge in [-0.25, -0.2) is 14.3 Å². The van der Waals surface area contributed by atoms with Crippen LogP contribution in [-0.2, 0) is 20.8 Å². The molecule has 34 heavy (non-hydrogen) atoms. The molecule has 0 aliphatic heterocycles. The zero-order valence-electron chi connectivity index (χ0n) is 19.4. The van der Waals surface area contributed by atoms with Crippen LogP contribution in [0.3, 0.4) is 0 Å². The molecule has 0 radical (unpaired) electrons. The lowest BCUT2D eigenvalue weighted by Crippen LogP contribution is -2.27. The van der Waals surface area contributed by atoms with Gasteiger partial charge in [-0.1, -0.05) is 38.0 Å². The Kier molecular flexibility index (Phi) is 8.53. The van der Waals surface area contributed by atoms with E-state index in [4.69, 9.17) is 9.47 Å². The minimum Gasteiger partial charge on any atom is -0.462 e. The Morgan fingerprint density at radius 3 is 2.50 bits per heavy atom. The van der Waals surface area contributed by atoms with E-state index in [-0.39, 0.29) is 17.9 Å². The van der Waals surface area contributed by atoms with Gasteiger partial charge in [-0.05, 0) is 38.0 Å². The largest absolute Gasteiger partial charge is 0.462 e. The quantitative estimate of drug-likeness (QED) is 0.342. The van der Waals surface area contributed by atoms with Gasteiger partial charge in [-0.15, -0.1) is 11.3 Å². The normalized spacial score (nSPS) is 10.8. The molecule has 0 fully saturated rings. The number of esters is 2. The molecule has 3 rings (SSSR count). The molecule has 2 heterocycles. The van der Waals surface area contributed by atoms with Gasteiger partial charge in [-0.2, -0.15) is 5.10 Å². The number of hydrogen-bond donors (Lipinski definition) is 1. The number of benzene rings is 1. The van der Waals surface area contributed by atoms with Crippen LogP contribution in [0, 0.1) is 6.92 Å². The van der Waals surface area contributed by atoms with Gasteiger partial charge < -0.3 is 14.8 Å². The van der Waals surface area contributed by atoms with Crippen molar-refractivity contribution in [2.75, 3.05) is 18.5 Å². The van der Waals surface area contributed by atoms with Crippen molar-refractivity contribution in [3.8, 4) is 0 Å². The fourth-order valence-corrected chi connectivity index (χ4v) is 4.35. The fourth-order valence-electron chi connectivity index (χ4n) is 3.36. The van der Waals surface area contributed by atoms with E-state index in [1.807, 2.05) is 0 Å². The third-order valence-corrected chi connectivity index (χ3v) is 6.14. The number of thiophene rings is 1. The number of anilines is 1. The Balaban J connectivity index is 1.72. The zero-order valence-corrected chi connectivity index (χ0v) is 20.2. The average molecular weight is 486 g/mol. The van der Waals surface area contributed by atoms with Crippen LogP contribution in [0.1, 0.15) is 58.8 Å². The molecule has 0 atom stereocenters. The van der Waals surface area contributed by atoms with Crippen molar-refractivity contribution in [2.45, 2.75) is 46.6 Å². The van der Waals surface area contributed by atoms with Crippen molar-refractivity contribution in [1.82, 2.24) is 9.78 Å². The first kappa shape index (κ1) is 25.1. The summed E-state index contributed by atoms with van der Waals surface area (Å²) in [6.07, 6.45) is 2.67. The standard InChI is InChI=1S/C24H27N3O6S/c1-4-6-9-12-27-22(29)17-11-8-7-10-16(17)20(26-27)23(30)33-14-18(28)25-19-13-15(3)21(34-19)24(31)32-5-2/h7-8,10-11,13H,4-6,9,12,14H2,1-3H3,(H,25,28). The van der Waals surface area contributed by atoms with Crippen molar-refractivity contribution < 1.29 is 23.9 Å². The Morgan fingerprint density at radius 2 is 1.79 bits per heavy atom. The first-order valence-electron chi connectivity index (χ1n) is 11.1. The minimum absolute atomic E-state index is 0.0175. The van der Waals surface area contributed by atoms with Crippen LogP contribution in [-0.4, -0.2) is 40.8 Å². The number of amides is 1. The van der Waals surface area contributed by atoms with Crippen molar-refractivity contribution in [3.05, 3.63) is 56.8 Å². The average Bonchev–Trinajstić information content (AvgIpc) is 3.19. The number of hydrogen-bond acceptors (Lipinski definition) is 8. The van der Waals surface area contributed by atoms with Crippen LogP contribution < -0.4 is 10.9 Å². The van der Waals surface area contributed by atoms with E-state index in [1.165, 1.54) is 4.68 Å². The van der Waals surface area contributed by atoms with E-state index in [0.717, 1.165) is 30.6 Å². The number of ether oxygens (including phenoxy) is 2. The Bertz CT molecular complexity index is 1260. The van der Waals surface area contributed by atoms with E-state index in [1.54, 1.807) is 44.2 Å². The molecule has 180 valence electrons. The van der Waals surface area contributed by atoms with Crippen molar-refractivity contribution in [1.29, 1.82) is 0 Å². The Morgan fingerprint density at radius 1 is 1.06 bits per heavy atom. The maximum atomic E-state index is 12.8. The molecule has 0 unspecified atom stereocenters. The number of aryl methyl sites for hydroxylation is 2. The van der Waals surface area contributed by atoms with Crippen LogP contribution in [0.5, 0.6) is 0 Å². The third-order valence-electron chi connectivity index (χ3n) is 5.01. The number of carbonyl (C=O) groups excluding carboxylic acids is 3. The predicted octanol–water partition coefficient (Wildman–Crippen LogP) is 3.93. The van der Waals surface area contributed by atoms with Crippen molar-refractivity contribution >= 4 is 45.0 Å². The molecule has 0 saturated carbocycles. The lowest BCUT2D eigenvalue weighted by Gasteiger charge is -2.11. The summed E-state index contributed by atoms with van der Waals surface area (Å²) in [6, 6.07) is 8.34. The monoisotopic (exact) mass is 485 g/mol. The summed E-state index contributed by atoms with van der Waals surface area (Å²) >= 11 is 1.08. The lowest BCUT2D eigenvalue weighted by molar-refractivity contribution is -0.119. The van der Waals surface area contributed by atoms with Crippen molar-refractivity contribution in [2.24, 2.45) is 0 Å². The number of aromatic nitrogens is 2. The molecule has 0 aliphatic rings.